The number of hydrogen-bond donors (Lipinski definition) is 1. The monoisotopic (exact) mass is 329 g/mol. The molecule has 1 amide bonds. The van der Waals surface area contributed by atoms with E-state index in [0.717, 1.165) is 11.3 Å². The number of carbonyl (C=O) groups is 1. The summed E-state index contributed by atoms with van der Waals surface area (Å²) >= 11 is 1.14. The lowest BCUT2D eigenvalue weighted by atomic mass is 10.4. The van der Waals surface area contributed by atoms with Crippen LogP contribution in [0.1, 0.15) is 12.7 Å². The van der Waals surface area contributed by atoms with Crippen LogP contribution in [0, 0.1) is 6.92 Å². The third-order valence-corrected chi connectivity index (χ3v) is 5.52. The molecule has 2 rings (SSSR count). The van der Waals surface area contributed by atoms with E-state index >= 15 is 0 Å². The minimum atomic E-state index is -3.53. The molecule has 2 heterocycles. The Morgan fingerprint density at radius 3 is 2.81 bits per heavy atom. The van der Waals surface area contributed by atoms with Crippen LogP contribution >= 0.6 is 11.3 Å². The third-order valence-electron chi connectivity index (χ3n) is 2.66. The Balaban J connectivity index is 1.99. The van der Waals surface area contributed by atoms with E-state index in [0.29, 0.717) is 11.6 Å². The summed E-state index contributed by atoms with van der Waals surface area (Å²) in [6, 6.07) is 4.81. The number of anilines is 1. The first kappa shape index (κ1) is 15.7. The van der Waals surface area contributed by atoms with Crippen LogP contribution in [0.25, 0.3) is 0 Å². The van der Waals surface area contributed by atoms with Crippen LogP contribution in [-0.4, -0.2) is 32.6 Å². The molecule has 0 saturated carbocycles. The first-order valence-electron chi connectivity index (χ1n) is 6.15. The molecule has 114 valence electrons. The van der Waals surface area contributed by atoms with Crippen molar-refractivity contribution in [3.8, 4) is 0 Å². The molecule has 0 bridgehead atoms. The molecular formula is C12H15N3O4S2. The van der Waals surface area contributed by atoms with Crippen molar-refractivity contribution in [1.29, 1.82) is 0 Å². The highest BCUT2D eigenvalue weighted by Gasteiger charge is 2.18. The second-order valence-electron chi connectivity index (χ2n) is 4.30. The van der Waals surface area contributed by atoms with Crippen molar-refractivity contribution in [1.82, 2.24) is 9.88 Å². The Morgan fingerprint density at radius 2 is 2.29 bits per heavy atom. The fourth-order valence-electron chi connectivity index (χ4n) is 1.69. The summed E-state index contributed by atoms with van der Waals surface area (Å²) in [5.74, 6) is 0.712. The molecule has 9 heteroatoms. The van der Waals surface area contributed by atoms with E-state index in [2.05, 4.69) is 9.88 Å². The van der Waals surface area contributed by atoms with Gasteiger partial charge < -0.3 is 4.52 Å². The standard InChI is InChI=1S/C12H15N3O4S2/c1-9-8-11(14-19-9)15(10(2)16)6-5-13-21(17,18)12-4-3-7-20-12/h3-4,7-8,13H,5-6H2,1-2H3. The Labute approximate surface area is 126 Å². The van der Waals surface area contributed by atoms with Crippen LogP contribution in [0.5, 0.6) is 0 Å². The van der Waals surface area contributed by atoms with Gasteiger partial charge in [-0.3, -0.25) is 9.69 Å². The number of nitrogens with one attached hydrogen (secondary N) is 1. The average molecular weight is 329 g/mol. The summed E-state index contributed by atoms with van der Waals surface area (Å²) in [5, 5.41) is 5.45. The molecule has 0 saturated heterocycles. The number of amides is 1. The van der Waals surface area contributed by atoms with E-state index in [-0.39, 0.29) is 23.2 Å². The molecular weight excluding hydrogens is 314 g/mol. The molecule has 7 nitrogen and oxygen atoms in total. The van der Waals surface area contributed by atoms with Gasteiger partial charge in [-0.15, -0.1) is 11.3 Å². The molecule has 2 aromatic rings. The zero-order valence-corrected chi connectivity index (χ0v) is 13.2. The van der Waals surface area contributed by atoms with Gasteiger partial charge in [-0.1, -0.05) is 11.2 Å². The Hall–Kier alpha value is -1.71. The van der Waals surface area contributed by atoms with Gasteiger partial charge >= 0.3 is 0 Å². The van der Waals surface area contributed by atoms with Gasteiger partial charge in [-0.2, -0.15) is 0 Å². The van der Waals surface area contributed by atoms with E-state index in [4.69, 9.17) is 4.52 Å². The van der Waals surface area contributed by atoms with Gasteiger partial charge in [-0.05, 0) is 18.4 Å². The molecule has 0 unspecified atom stereocenters. The fourth-order valence-corrected chi connectivity index (χ4v) is 3.75. The number of carbonyl (C=O) groups excluding carboxylic acids is 1. The molecule has 0 radical (unpaired) electrons. The minimum absolute atomic E-state index is 0.0890. The first-order valence-corrected chi connectivity index (χ1v) is 8.51. The van der Waals surface area contributed by atoms with Crippen molar-refractivity contribution in [3.05, 3.63) is 29.3 Å². The molecule has 0 aliphatic carbocycles. The summed E-state index contributed by atoms with van der Waals surface area (Å²) in [4.78, 5) is 13.0. The predicted molar refractivity (Wildman–Crippen MR) is 78.8 cm³/mol. The van der Waals surface area contributed by atoms with Crippen molar-refractivity contribution in [2.75, 3.05) is 18.0 Å². The lowest BCUT2D eigenvalue weighted by Crippen LogP contribution is -2.37. The number of aryl methyl sites for hydroxylation is 1. The lowest BCUT2D eigenvalue weighted by Gasteiger charge is -2.17. The highest BCUT2D eigenvalue weighted by atomic mass is 32.2. The number of nitrogens with zero attached hydrogens (tertiary/aromatic N) is 2. The van der Waals surface area contributed by atoms with Crippen molar-refractivity contribution in [2.45, 2.75) is 18.1 Å². The minimum Gasteiger partial charge on any atom is -0.360 e. The molecule has 2 aromatic heterocycles. The number of hydrogen-bond acceptors (Lipinski definition) is 6. The lowest BCUT2D eigenvalue weighted by molar-refractivity contribution is -0.116. The molecule has 1 N–H and O–H groups in total. The van der Waals surface area contributed by atoms with E-state index in [1.807, 2.05) is 0 Å². The van der Waals surface area contributed by atoms with Crippen LogP contribution in [0.15, 0.2) is 32.3 Å². The smallest absolute Gasteiger partial charge is 0.250 e. The van der Waals surface area contributed by atoms with Crippen LogP contribution in [0.3, 0.4) is 0 Å². The summed E-state index contributed by atoms with van der Waals surface area (Å²) in [5.41, 5.74) is 0. The third kappa shape index (κ3) is 3.90. The Morgan fingerprint density at radius 1 is 1.52 bits per heavy atom. The highest BCUT2D eigenvalue weighted by molar-refractivity contribution is 7.91. The number of rotatable bonds is 6. The Bertz CT molecular complexity index is 707. The van der Waals surface area contributed by atoms with Crippen molar-refractivity contribution in [3.63, 3.8) is 0 Å². The van der Waals surface area contributed by atoms with Crippen LogP contribution in [0.2, 0.25) is 0 Å². The maximum atomic E-state index is 11.9. The van der Waals surface area contributed by atoms with Crippen molar-refractivity contribution < 1.29 is 17.7 Å². The van der Waals surface area contributed by atoms with Gasteiger partial charge in [-0.25, -0.2) is 13.1 Å². The van der Waals surface area contributed by atoms with Crippen LogP contribution < -0.4 is 9.62 Å². The Kier molecular flexibility index (Phi) is 4.76. The van der Waals surface area contributed by atoms with E-state index in [9.17, 15) is 13.2 Å². The fraction of sp³-hybridized carbons (Fsp3) is 0.333. The second-order valence-corrected chi connectivity index (χ2v) is 7.24. The average Bonchev–Trinajstić information content (AvgIpc) is 3.05. The van der Waals surface area contributed by atoms with Gasteiger partial charge in [0.25, 0.3) is 0 Å². The van der Waals surface area contributed by atoms with Crippen LogP contribution in [-0.2, 0) is 14.8 Å². The highest BCUT2D eigenvalue weighted by Crippen LogP contribution is 2.16. The van der Waals surface area contributed by atoms with Gasteiger partial charge in [0.2, 0.25) is 15.9 Å². The topological polar surface area (TPSA) is 92.5 Å². The summed E-state index contributed by atoms with van der Waals surface area (Å²) in [6.45, 7) is 3.36. The normalized spacial score (nSPS) is 11.5. The summed E-state index contributed by atoms with van der Waals surface area (Å²) in [6.07, 6.45) is 0. The predicted octanol–water partition coefficient (Wildman–Crippen LogP) is 1.38. The molecule has 0 aromatic carbocycles. The molecule has 0 aliphatic rings. The molecule has 0 aliphatic heterocycles. The number of aromatic nitrogens is 1. The molecule has 0 fully saturated rings. The number of thiophene rings is 1. The van der Waals surface area contributed by atoms with Crippen molar-refractivity contribution >= 4 is 33.1 Å². The molecule has 0 atom stereocenters. The maximum absolute atomic E-state index is 11.9. The van der Waals surface area contributed by atoms with Gasteiger partial charge in [0.15, 0.2) is 5.82 Å². The summed E-state index contributed by atoms with van der Waals surface area (Å²) < 4.78 is 31.5. The first-order chi connectivity index (χ1) is 9.90. The van der Waals surface area contributed by atoms with Crippen LogP contribution in [0.4, 0.5) is 5.82 Å². The zero-order chi connectivity index (χ0) is 15.5. The zero-order valence-electron chi connectivity index (χ0n) is 11.6. The quantitative estimate of drug-likeness (QED) is 0.864. The SMILES string of the molecule is CC(=O)N(CCNS(=O)(=O)c1cccs1)c1cc(C)on1. The van der Waals surface area contributed by atoms with Gasteiger partial charge in [0.05, 0.1) is 0 Å². The largest absolute Gasteiger partial charge is 0.360 e. The number of sulfonamides is 1. The molecule has 0 spiro atoms. The maximum Gasteiger partial charge on any atom is 0.250 e. The van der Waals surface area contributed by atoms with Crippen molar-refractivity contribution in [2.24, 2.45) is 0 Å². The van der Waals surface area contributed by atoms with E-state index < -0.39 is 10.0 Å². The second kappa shape index (κ2) is 6.37. The van der Waals surface area contributed by atoms with Gasteiger partial charge in [0.1, 0.15) is 9.97 Å². The summed E-state index contributed by atoms with van der Waals surface area (Å²) in [7, 11) is -3.53. The molecule has 21 heavy (non-hydrogen) atoms. The van der Waals surface area contributed by atoms with Gasteiger partial charge in [0, 0.05) is 26.1 Å². The van der Waals surface area contributed by atoms with E-state index in [1.54, 1.807) is 24.4 Å². The van der Waals surface area contributed by atoms with E-state index in [1.165, 1.54) is 17.9 Å².